The average Bonchev–Trinajstić information content (AvgIpc) is 3.19. The molecule has 28 heavy (non-hydrogen) atoms. The van der Waals surface area contributed by atoms with E-state index in [2.05, 4.69) is 15.3 Å². The van der Waals surface area contributed by atoms with Crippen molar-refractivity contribution in [3.63, 3.8) is 0 Å². The first kappa shape index (κ1) is 20.1. The number of aromatic nitrogens is 2. The molecule has 152 valence electrons. The molecular formula is C20H28N4O4. The Morgan fingerprint density at radius 2 is 2.07 bits per heavy atom. The summed E-state index contributed by atoms with van der Waals surface area (Å²) in [4.78, 5) is 33.4. The van der Waals surface area contributed by atoms with Gasteiger partial charge in [0.15, 0.2) is 0 Å². The van der Waals surface area contributed by atoms with Crippen LogP contribution in [0.3, 0.4) is 0 Å². The Hall–Kier alpha value is -2.61. The summed E-state index contributed by atoms with van der Waals surface area (Å²) in [6.07, 6.45) is -0.302. The number of para-hydroxylation sites is 2. The number of amides is 2. The van der Waals surface area contributed by atoms with Gasteiger partial charge in [-0.3, -0.25) is 4.79 Å². The van der Waals surface area contributed by atoms with Crippen molar-refractivity contribution in [2.24, 2.45) is 5.92 Å². The van der Waals surface area contributed by atoms with Crippen molar-refractivity contribution in [3.8, 4) is 0 Å². The summed E-state index contributed by atoms with van der Waals surface area (Å²) >= 11 is 0. The topological polar surface area (TPSA) is 108 Å². The minimum Gasteiger partial charge on any atom is -0.444 e. The molecule has 0 spiro atoms. The highest BCUT2D eigenvalue weighted by Gasteiger charge is 2.36. The predicted molar refractivity (Wildman–Crippen MR) is 105 cm³/mol. The maximum Gasteiger partial charge on any atom is 0.410 e. The second-order valence-corrected chi connectivity index (χ2v) is 8.22. The number of benzene rings is 1. The number of fused-ring (bicyclic) bond motifs is 1. The molecule has 1 fully saturated rings. The molecule has 8 nitrogen and oxygen atoms in total. The number of aryl methyl sites for hydroxylation is 1. The summed E-state index contributed by atoms with van der Waals surface area (Å²) in [6, 6.07) is 7.73. The SMILES string of the molecule is CC(C)(C)OC(=O)N1C[C@@H](CNC(=O)CCc2nc3ccccc3[nH]2)[C@@H](O)C1. The fraction of sp³-hybridized carbons (Fsp3) is 0.550. The van der Waals surface area contributed by atoms with Gasteiger partial charge in [-0.15, -0.1) is 0 Å². The summed E-state index contributed by atoms with van der Waals surface area (Å²) in [5.74, 6) is 0.458. The van der Waals surface area contributed by atoms with Crippen LogP contribution < -0.4 is 5.32 Å². The van der Waals surface area contributed by atoms with E-state index in [1.165, 1.54) is 4.90 Å². The number of carbonyl (C=O) groups is 2. The molecule has 0 saturated carbocycles. The molecule has 0 aliphatic carbocycles. The van der Waals surface area contributed by atoms with Crippen LogP contribution in [0, 0.1) is 5.92 Å². The molecule has 3 rings (SSSR count). The third kappa shape index (κ3) is 5.22. The van der Waals surface area contributed by atoms with Crippen molar-refractivity contribution in [2.45, 2.75) is 45.3 Å². The van der Waals surface area contributed by atoms with Crippen LogP contribution in [0.25, 0.3) is 11.0 Å². The zero-order chi connectivity index (χ0) is 20.3. The first-order valence-electron chi connectivity index (χ1n) is 9.57. The van der Waals surface area contributed by atoms with E-state index in [9.17, 15) is 14.7 Å². The Bertz CT molecular complexity index is 809. The standard InChI is InChI=1S/C20H28N4O4/c1-20(2,3)28-19(27)24-11-13(16(25)12-24)10-21-18(26)9-8-17-22-14-6-4-5-7-15(14)23-17/h4-7,13,16,25H,8-12H2,1-3H3,(H,21,26)(H,22,23)/t13-,16+/m1/s1. The Kier molecular flexibility index (Phi) is 5.88. The second-order valence-electron chi connectivity index (χ2n) is 8.22. The number of rotatable bonds is 5. The summed E-state index contributed by atoms with van der Waals surface area (Å²) in [5.41, 5.74) is 1.26. The number of aromatic amines is 1. The summed E-state index contributed by atoms with van der Waals surface area (Å²) in [5, 5.41) is 13.0. The molecular weight excluding hydrogens is 360 g/mol. The highest BCUT2D eigenvalue weighted by Crippen LogP contribution is 2.19. The minimum absolute atomic E-state index is 0.108. The van der Waals surface area contributed by atoms with Gasteiger partial charge in [-0.2, -0.15) is 0 Å². The summed E-state index contributed by atoms with van der Waals surface area (Å²) < 4.78 is 5.33. The molecule has 1 aliphatic rings. The Morgan fingerprint density at radius 1 is 1.32 bits per heavy atom. The first-order valence-corrected chi connectivity index (χ1v) is 9.57. The number of likely N-dealkylation sites (tertiary alicyclic amines) is 1. The molecule has 0 unspecified atom stereocenters. The van der Waals surface area contributed by atoms with Gasteiger partial charge in [0.05, 0.1) is 23.7 Å². The number of nitrogens with one attached hydrogen (secondary N) is 2. The fourth-order valence-electron chi connectivity index (χ4n) is 3.22. The third-order valence-electron chi connectivity index (χ3n) is 4.65. The lowest BCUT2D eigenvalue weighted by atomic mass is 10.1. The van der Waals surface area contributed by atoms with E-state index in [0.29, 0.717) is 25.9 Å². The van der Waals surface area contributed by atoms with Crippen molar-refractivity contribution in [2.75, 3.05) is 19.6 Å². The molecule has 1 aromatic heterocycles. The van der Waals surface area contributed by atoms with Crippen LogP contribution in [0.5, 0.6) is 0 Å². The average molecular weight is 388 g/mol. The number of nitrogens with zero attached hydrogens (tertiary/aromatic N) is 2. The van der Waals surface area contributed by atoms with Crippen molar-refractivity contribution in [1.29, 1.82) is 0 Å². The Labute approximate surface area is 164 Å². The number of aliphatic hydroxyl groups is 1. The predicted octanol–water partition coefficient (Wildman–Crippen LogP) is 1.84. The Morgan fingerprint density at radius 3 is 2.79 bits per heavy atom. The van der Waals surface area contributed by atoms with Gasteiger partial charge in [0.25, 0.3) is 0 Å². The van der Waals surface area contributed by atoms with E-state index in [4.69, 9.17) is 4.74 Å². The highest BCUT2D eigenvalue weighted by atomic mass is 16.6. The van der Waals surface area contributed by atoms with Crippen LogP contribution in [0.15, 0.2) is 24.3 Å². The smallest absolute Gasteiger partial charge is 0.410 e. The number of carbonyl (C=O) groups excluding carboxylic acids is 2. The number of imidazole rings is 1. The number of hydrogen-bond donors (Lipinski definition) is 3. The number of ether oxygens (including phenoxy) is 1. The quantitative estimate of drug-likeness (QED) is 0.724. The number of hydrogen-bond acceptors (Lipinski definition) is 5. The van der Waals surface area contributed by atoms with Gasteiger partial charge < -0.3 is 25.0 Å². The van der Waals surface area contributed by atoms with Crippen LogP contribution in [0.1, 0.15) is 33.0 Å². The lowest BCUT2D eigenvalue weighted by Crippen LogP contribution is -2.36. The van der Waals surface area contributed by atoms with E-state index in [1.54, 1.807) is 20.8 Å². The molecule has 1 aliphatic heterocycles. The van der Waals surface area contributed by atoms with Crippen LogP contribution in [0.4, 0.5) is 4.79 Å². The largest absolute Gasteiger partial charge is 0.444 e. The lowest BCUT2D eigenvalue weighted by Gasteiger charge is -2.24. The third-order valence-corrected chi connectivity index (χ3v) is 4.65. The van der Waals surface area contributed by atoms with Gasteiger partial charge >= 0.3 is 6.09 Å². The lowest BCUT2D eigenvalue weighted by molar-refractivity contribution is -0.121. The molecule has 0 bridgehead atoms. The van der Waals surface area contributed by atoms with Crippen LogP contribution in [0.2, 0.25) is 0 Å². The van der Waals surface area contributed by atoms with Crippen molar-refractivity contribution >= 4 is 23.0 Å². The molecule has 1 aromatic carbocycles. The van der Waals surface area contributed by atoms with Gasteiger partial charge in [-0.1, -0.05) is 12.1 Å². The monoisotopic (exact) mass is 388 g/mol. The minimum atomic E-state index is -0.678. The van der Waals surface area contributed by atoms with Crippen LogP contribution >= 0.6 is 0 Å². The molecule has 1 saturated heterocycles. The normalized spacial score (nSPS) is 19.8. The molecule has 2 atom stereocenters. The van der Waals surface area contributed by atoms with Crippen LogP contribution in [-0.2, 0) is 16.0 Å². The number of H-pyrrole nitrogens is 1. The maximum absolute atomic E-state index is 12.2. The van der Waals surface area contributed by atoms with Gasteiger partial charge in [-0.05, 0) is 32.9 Å². The van der Waals surface area contributed by atoms with Crippen molar-refractivity contribution in [3.05, 3.63) is 30.1 Å². The molecule has 3 N–H and O–H groups in total. The number of β-amino-alcohol motifs (C(OH)–C–C–N with tert-alkyl or cyclic N) is 1. The second kappa shape index (κ2) is 8.18. The van der Waals surface area contributed by atoms with Crippen molar-refractivity contribution in [1.82, 2.24) is 20.2 Å². The molecule has 8 heteroatoms. The highest BCUT2D eigenvalue weighted by molar-refractivity contribution is 5.77. The van der Waals surface area contributed by atoms with E-state index >= 15 is 0 Å². The van der Waals surface area contributed by atoms with E-state index in [1.807, 2.05) is 24.3 Å². The molecule has 2 aromatic rings. The van der Waals surface area contributed by atoms with E-state index < -0.39 is 17.8 Å². The Balaban J connectivity index is 1.43. The summed E-state index contributed by atoms with van der Waals surface area (Å²) in [7, 11) is 0. The van der Waals surface area contributed by atoms with Crippen LogP contribution in [-0.4, -0.2) is 63.3 Å². The zero-order valence-electron chi connectivity index (χ0n) is 16.6. The fourth-order valence-corrected chi connectivity index (χ4v) is 3.22. The van der Waals surface area contributed by atoms with Gasteiger partial charge in [0.1, 0.15) is 11.4 Å². The molecule has 2 heterocycles. The first-order chi connectivity index (χ1) is 13.2. The van der Waals surface area contributed by atoms with Gasteiger partial charge in [0, 0.05) is 31.8 Å². The molecule has 0 radical (unpaired) electrons. The van der Waals surface area contributed by atoms with E-state index in [0.717, 1.165) is 16.9 Å². The van der Waals surface area contributed by atoms with Gasteiger partial charge in [-0.25, -0.2) is 9.78 Å². The maximum atomic E-state index is 12.2. The zero-order valence-corrected chi connectivity index (χ0v) is 16.6. The molecule has 2 amide bonds. The van der Waals surface area contributed by atoms with Crippen molar-refractivity contribution < 1.29 is 19.4 Å². The number of aliphatic hydroxyl groups excluding tert-OH is 1. The van der Waals surface area contributed by atoms with E-state index in [-0.39, 0.29) is 18.4 Å². The summed E-state index contributed by atoms with van der Waals surface area (Å²) in [6.45, 7) is 6.30. The van der Waals surface area contributed by atoms with Gasteiger partial charge in [0.2, 0.25) is 5.91 Å².